The zero-order chi connectivity index (χ0) is 13.1. The van der Waals surface area contributed by atoms with Crippen LogP contribution in [0.25, 0.3) is 6.08 Å². The Kier molecular flexibility index (Phi) is 3.94. The summed E-state index contributed by atoms with van der Waals surface area (Å²) in [4.78, 5) is 20.4. The van der Waals surface area contributed by atoms with E-state index in [9.17, 15) is 4.79 Å². The summed E-state index contributed by atoms with van der Waals surface area (Å²) in [6.07, 6.45) is 1.77. The average molecular weight is 234 g/mol. The van der Waals surface area contributed by atoms with Crippen LogP contribution in [0.4, 0.5) is 0 Å². The molecule has 0 aliphatic rings. The lowest BCUT2D eigenvalue weighted by molar-refractivity contribution is -0.211. The van der Waals surface area contributed by atoms with E-state index >= 15 is 0 Å². The number of hydrogen-bond acceptors (Lipinski definition) is 3. The summed E-state index contributed by atoms with van der Waals surface area (Å²) in [6, 6.07) is 5.62. The maximum atomic E-state index is 10.7. The molecule has 0 aromatic heterocycles. The van der Waals surface area contributed by atoms with Gasteiger partial charge in [0.1, 0.15) is 0 Å². The minimum Gasteiger partial charge on any atom is -0.287 e. The molecular formula is C14H18O3. The Morgan fingerprint density at radius 1 is 1.35 bits per heavy atom. The third-order valence-corrected chi connectivity index (χ3v) is 2.30. The summed E-state index contributed by atoms with van der Waals surface area (Å²) in [5.41, 5.74) is 1.87. The van der Waals surface area contributed by atoms with Gasteiger partial charge in [0, 0.05) is 12.5 Å². The summed E-state index contributed by atoms with van der Waals surface area (Å²) >= 11 is 0. The first-order valence-corrected chi connectivity index (χ1v) is 5.46. The smallest absolute Gasteiger partial charge is 0.287 e. The molecule has 0 atom stereocenters. The normalized spacial score (nSPS) is 10.8. The Labute approximate surface area is 102 Å². The van der Waals surface area contributed by atoms with Crippen molar-refractivity contribution >= 4 is 12.0 Å². The first kappa shape index (κ1) is 13.3. The third kappa shape index (κ3) is 3.63. The molecule has 0 amide bonds. The van der Waals surface area contributed by atoms with Crippen LogP contribution >= 0.6 is 0 Å². The Bertz CT molecular complexity index is 428. The quantitative estimate of drug-likeness (QED) is 0.593. The molecule has 0 bridgehead atoms. The second-order valence-electron chi connectivity index (χ2n) is 4.87. The first-order chi connectivity index (χ1) is 7.84. The molecule has 0 unspecified atom stereocenters. The predicted octanol–water partition coefficient (Wildman–Crippen LogP) is 3.48. The van der Waals surface area contributed by atoms with Gasteiger partial charge in [0.2, 0.25) is 0 Å². The SMILES string of the molecule is C=Cc1ccc(OOC(C)=O)c(C(C)(C)C)c1. The molecule has 0 aliphatic heterocycles. The van der Waals surface area contributed by atoms with Crippen molar-refractivity contribution in [1.29, 1.82) is 0 Å². The second kappa shape index (κ2) is 5.04. The van der Waals surface area contributed by atoms with Gasteiger partial charge in [-0.15, -0.1) is 0 Å². The highest BCUT2D eigenvalue weighted by Gasteiger charge is 2.20. The van der Waals surface area contributed by atoms with E-state index in [1.165, 1.54) is 6.92 Å². The van der Waals surface area contributed by atoms with Crippen LogP contribution < -0.4 is 4.89 Å². The molecule has 17 heavy (non-hydrogen) atoms. The summed E-state index contributed by atoms with van der Waals surface area (Å²) in [5, 5.41) is 0. The molecule has 0 saturated heterocycles. The van der Waals surface area contributed by atoms with E-state index < -0.39 is 5.97 Å². The molecule has 92 valence electrons. The number of carbonyl (C=O) groups is 1. The molecule has 1 aromatic rings. The van der Waals surface area contributed by atoms with E-state index in [0.29, 0.717) is 5.75 Å². The topological polar surface area (TPSA) is 35.5 Å². The molecule has 0 radical (unpaired) electrons. The van der Waals surface area contributed by atoms with E-state index in [1.807, 2.05) is 12.1 Å². The van der Waals surface area contributed by atoms with Gasteiger partial charge < -0.3 is 0 Å². The van der Waals surface area contributed by atoms with E-state index in [4.69, 9.17) is 4.89 Å². The van der Waals surface area contributed by atoms with Crippen molar-refractivity contribution < 1.29 is 14.6 Å². The molecule has 1 rings (SSSR count). The van der Waals surface area contributed by atoms with Gasteiger partial charge in [-0.25, -0.2) is 4.79 Å². The van der Waals surface area contributed by atoms with Gasteiger partial charge in [-0.1, -0.05) is 39.5 Å². The van der Waals surface area contributed by atoms with Crippen LogP contribution in [-0.2, 0) is 15.1 Å². The number of hydrogen-bond donors (Lipinski definition) is 0. The molecule has 3 nitrogen and oxygen atoms in total. The second-order valence-corrected chi connectivity index (χ2v) is 4.87. The van der Waals surface area contributed by atoms with Gasteiger partial charge in [0.05, 0.1) is 0 Å². The Hall–Kier alpha value is -1.77. The minimum atomic E-state index is -0.474. The van der Waals surface area contributed by atoms with Gasteiger partial charge in [-0.05, 0) is 23.1 Å². The summed E-state index contributed by atoms with van der Waals surface area (Å²) < 4.78 is 0. The number of rotatable bonds is 3. The van der Waals surface area contributed by atoms with Crippen molar-refractivity contribution in [2.45, 2.75) is 33.1 Å². The molecule has 0 aliphatic carbocycles. The van der Waals surface area contributed by atoms with Crippen molar-refractivity contribution in [2.24, 2.45) is 0 Å². The van der Waals surface area contributed by atoms with Crippen LogP contribution in [0, 0.1) is 0 Å². The lowest BCUT2D eigenvalue weighted by atomic mass is 9.85. The van der Waals surface area contributed by atoms with Crippen molar-refractivity contribution in [1.82, 2.24) is 0 Å². The molecule has 3 heteroatoms. The monoisotopic (exact) mass is 234 g/mol. The average Bonchev–Trinajstić information content (AvgIpc) is 2.24. The van der Waals surface area contributed by atoms with Gasteiger partial charge in [0.15, 0.2) is 5.75 Å². The van der Waals surface area contributed by atoms with E-state index in [1.54, 1.807) is 12.1 Å². The van der Waals surface area contributed by atoms with Crippen molar-refractivity contribution in [3.05, 3.63) is 35.9 Å². The lowest BCUT2D eigenvalue weighted by Gasteiger charge is -2.22. The summed E-state index contributed by atoms with van der Waals surface area (Å²) in [5.74, 6) is 0.0796. The van der Waals surface area contributed by atoms with Crippen LogP contribution in [0.1, 0.15) is 38.8 Å². The van der Waals surface area contributed by atoms with Gasteiger partial charge in [-0.3, -0.25) is 9.78 Å². The highest BCUT2D eigenvalue weighted by Crippen LogP contribution is 2.32. The van der Waals surface area contributed by atoms with E-state index in [2.05, 4.69) is 32.2 Å². The molecule has 0 saturated carbocycles. The Morgan fingerprint density at radius 3 is 2.47 bits per heavy atom. The summed E-state index contributed by atoms with van der Waals surface area (Å²) in [6.45, 7) is 11.2. The molecule has 0 spiro atoms. The predicted molar refractivity (Wildman–Crippen MR) is 67.6 cm³/mol. The van der Waals surface area contributed by atoms with Crippen LogP contribution in [0.15, 0.2) is 24.8 Å². The van der Waals surface area contributed by atoms with Crippen LogP contribution in [0.3, 0.4) is 0 Å². The first-order valence-electron chi connectivity index (χ1n) is 5.46. The van der Waals surface area contributed by atoms with Crippen LogP contribution in [0.5, 0.6) is 5.75 Å². The van der Waals surface area contributed by atoms with Crippen molar-refractivity contribution in [3.8, 4) is 5.75 Å². The van der Waals surface area contributed by atoms with Crippen molar-refractivity contribution in [2.75, 3.05) is 0 Å². The summed E-state index contributed by atoms with van der Waals surface area (Å²) in [7, 11) is 0. The molecule has 1 aromatic carbocycles. The maximum Gasteiger partial charge on any atom is 0.352 e. The zero-order valence-corrected chi connectivity index (χ0v) is 10.7. The highest BCUT2D eigenvalue weighted by atomic mass is 17.2. The fourth-order valence-electron chi connectivity index (χ4n) is 1.44. The Balaban J connectivity index is 3.11. The fraction of sp³-hybridized carbons (Fsp3) is 0.357. The molecule has 0 heterocycles. The zero-order valence-electron chi connectivity index (χ0n) is 10.7. The molecular weight excluding hydrogens is 216 g/mol. The molecule has 0 fully saturated rings. The standard InChI is InChI=1S/C14H18O3/c1-6-11-7-8-13(17-16-10(2)15)12(9-11)14(3,4)5/h6-9H,1H2,2-5H3. The maximum absolute atomic E-state index is 10.7. The van der Waals surface area contributed by atoms with Gasteiger partial charge >= 0.3 is 5.97 Å². The van der Waals surface area contributed by atoms with Crippen molar-refractivity contribution in [3.63, 3.8) is 0 Å². The van der Waals surface area contributed by atoms with E-state index in [-0.39, 0.29) is 5.41 Å². The largest absolute Gasteiger partial charge is 0.352 e. The molecule has 0 N–H and O–H groups in total. The van der Waals surface area contributed by atoms with Gasteiger partial charge in [-0.2, -0.15) is 0 Å². The van der Waals surface area contributed by atoms with Gasteiger partial charge in [0.25, 0.3) is 0 Å². The highest BCUT2D eigenvalue weighted by molar-refractivity contribution is 5.65. The minimum absolute atomic E-state index is 0.103. The van der Waals surface area contributed by atoms with Crippen LogP contribution in [0.2, 0.25) is 0 Å². The fourth-order valence-corrected chi connectivity index (χ4v) is 1.44. The number of carbonyl (C=O) groups excluding carboxylic acids is 1. The number of benzene rings is 1. The lowest BCUT2D eigenvalue weighted by Crippen LogP contribution is -2.14. The van der Waals surface area contributed by atoms with Crippen LogP contribution in [-0.4, -0.2) is 5.97 Å². The Morgan fingerprint density at radius 2 is 2.00 bits per heavy atom. The van der Waals surface area contributed by atoms with E-state index in [0.717, 1.165) is 11.1 Å². The third-order valence-electron chi connectivity index (χ3n) is 2.30.